The summed E-state index contributed by atoms with van der Waals surface area (Å²) in [6, 6.07) is 19.3. The number of hydrogen-bond acceptors (Lipinski definition) is 3. The Labute approximate surface area is 187 Å². The SMILES string of the molecule is O=C(Cc1ccccc1)NC(c1ccccn1)C1CCCN(Cc2ccc(F)c(F)c2)C1. The van der Waals surface area contributed by atoms with Crippen LogP contribution in [0.15, 0.2) is 72.9 Å². The number of nitrogens with one attached hydrogen (secondary N) is 1. The van der Waals surface area contributed by atoms with Crippen molar-refractivity contribution >= 4 is 5.91 Å². The zero-order chi connectivity index (χ0) is 22.3. The molecule has 4 rings (SSSR count). The van der Waals surface area contributed by atoms with Gasteiger partial charge in [-0.1, -0.05) is 42.5 Å². The average Bonchev–Trinajstić information content (AvgIpc) is 2.81. The van der Waals surface area contributed by atoms with Gasteiger partial charge in [0.1, 0.15) is 0 Å². The minimum absolute atomic E-state index is 0.0374. The lowest BCUT2D eigenvalue weighted by Crippen LogP contribution is -2.43. The lowest BCUT2D eigenvalue weighted by Gasteiger charge is -2.37. The Kier molecular flexibility index (Phi) is 7.22. The molecule has 0 bridgehead atoms. The summed E-state index contributed by atoms with van der Waals surface area (Å²) in [4.78, 5) is 19.6. The second kappa shape index (κ2) is 10.5. The lowest BCUT2D eigenvalue weighted by molar-refractivity contribution is -0.121. The van der Waals surface area contributed by atoms with E-state index in [1.54, 1.807) is 12.3 Å². The molecule has 32 heavy (non-hydrogen) atoms. The highest BCUT2D eigenvalue weighted by atomic mass is 19.2. The maximum absolute atomic E-state index is 13.6. The molecule has 4 nitrogen and oxygen atoms in total. The number of carbonyl (C=O) groups is 1. The Morgan fingerprint density at radius 1 is 1.03 bits per heavy atom. The van der Waals surface area contributed by atoms with Gasteiger partial charge in [0.2, 0.25) is 5.91 Å². The second-order valence-corrected chi connectivity index (χ2v) is 8.35. The highest BCUT2D eigenvalue weighted by Gasteiger charge is 2.30. The van der Waals surface area contributed by atoms with Crippen molar-refractivity contribution in [3.8, 4) is 0 Å². The van der Waals surface area contributed by atoms with Gasteiger partial charge in [0.25, 0.3) is 0 Å². The Morgan fingerprint density at radius 2 is 1.84 bits per heavy atom. The molecule has 0 saturated carbocycles. The van der Waals surface area contributed by atoms with Crippen molar-refractivity contribution in [2.45, 2.75) is 31.8 Å². The van der Waals surface area contributed by atoms with Gasteiger partial charge in [-0.3, -0.25) is 14.7 Å². The van der Waals surface area contributed by atoms with Gasteiger partial charge < -0.3 is 5.32 Å². The summed E-state index contributed by atoms with van der Waals surface area (Å²) in [5.41, 5.74) is 2.55. The highest BCUT2D eigenvalue weighted by Crippen LogP contribution is 2.30. The monoisotopic (exact) mass is 435 g/mol. The number of nitrogens with zero attached hydrogens (tertiary/aromatic N) is 2. The molecule has 2 atom stereocenters. The normalized spacial score (nSPS) is 17.6. The van der Waals surface area contributed by atoms with Crippen LogP contribution in [0, 0.1) is 17.6 Å². The largest absolute Gasteiger partial charge is 0.347 e. The minimum Gasteiger partial charge on any atom is -0.347 e. The Bertz CT molecular complexity index is 1030. The number of amides is 1. The van der Waals surface area contributed by atoms with Crippen LogP contribution in [0.5, 0.6) is 0 Å². The number of piperidine rings is 1. The molecule has 6 heteroatoms. The zero-order valence-corrected chi connectivity index (χ0v) is 17.9. The third kappa shape index (κ3) is 5.77. The first kappa shape index (κ1) is 22.1. The van der Waals surface area contributed by atoms with Crippen molar-refractivity contribution in [3.63, 3.8) is 0 Å². The van der Waals surface area contributed by atoms with Gasteiger partial charge in [-0.05, 0) is 60.7 Å². The molecular formula is C26H27F2N3O. The van der Waals surface area contributed by atoms with Crippen LogP contribution in [0.1, 0.15) is 35.7 Å². The van der Waals surface area contributed by atoms with Gasteiger partial charge >= 0.3 is 0 Å². The van der Waals surface area contributed by atoms with Crippen LogP contribution in [0.2, 0.25) is 0 Å². The lowest BCUT2D eigenvalue weighted by atomic mass is 9.88. The van der Waals surface area contributed by atoms with E-state index in [1.165, 1.54) is 12.1 Å². The fraction of sp³-hybridized carbons (Fsp3) is 0.308. The number of pyridine rings is 1. The molecule has 1 fully saturated rings. The summed E-state index contributed by atoms with van der Waals surface area (Å²) < 4.78 is 26.9. The smallest absolute Gasteiger partial charge is 0.224 e. The maximum atomic E-state index is 13.6. The van der Waals surface area contributed by atoms with Crippen LogP contribution >= 0.6 is 0 Å². The minimum atomic E-state index is -0.832. The summed E-state index contributed by atoms with van der Waals surface area (Å²) in [5.74, 6) is -1.52. The maximum Gasteiger partial charge on any atom is 0.224 e. The van der Waals surface area contributed by atoms with Gasteiger partial charge in [0.15, 0.2) is 11.6 Å². The Hall–Kier alpha value is -3.12. The number of aromatic nitrogens is 1. The zero-order valence-electron chi connectivity index (χ0n) is 17.9. The quantitative estimate of drug-likeness (QED) is 0.587. The van der Waals surface area contributed by atoms with Crippen molar-refractivity contribution in [1.29, 1.82) is 0 Å². The van der Waals surface area contributed by atoms with Crippen LogP contribution in [-0.2, 0) is 17.8 Å². The Balaban J connectivity index is 1.47. The summed E-state index contributed by atoms with van der Waals surface area (Å²) in [6.07, 6.45) is 3.98. The first-order valence-electron chi connectivity index (χ1n) is 11.0. The fourth-order valence-corrected chi connectivity index (χ4v) is 4.40. The van der Waals surface area contributed by atoms with E-state index in [0.717, 1.165) is 42.8 Å². The molecule has 1 aromatic heterocycles. The predicted octanol–water partition coefficient (Wildman–Crippen LogP) is 4.67. The molecule has 1 N–H and O–H groups in total. The van der Waals surface area contributed by atoms with Crippen LogP contribution in [0.25, 0.3) is 0 Å². The van der Waals surface area contributed by atoms with Crippen LogP contribution in [0.3, 0.4) is 0 Å². The number of rotatable bonds is 7. The van der Waals surface area contributed by atoms with Crippen molar-refractivity contribution < 1.29 is 13.6 Å². The van der Waals surface area contributed by atoms with E-state index in [2.05, 4.69) is 15.2 Å². The molecule has 0 aliphatic carbocycles. The Morgan fingerprint density at radius 3 is 2.59 bits per heavy atom. The third-order valence-electron chi connectivity index (χ3n) is 5.93. The molecule has 1 aliphatic heterocycles. The van der Waals surface area contributed by atoms with Crippen LogP contribution in [0.4, 0.5) is 8.78 Å². The fourth-order valence-electron chi connectivity index (χ4n) is 4.40. The third-order valence-corrected chi connectivity index (χ3v) is 5.93. The summed E-state index contributed by atoms with van der Waals surface area (Å²) in [6.45, 7) is 2.16. The molecule has 3 aromatic rings. The van der Waals surface area contributed by atoms with Crippen molar-refractivity contribution in [1.82, 2.24) is 15.2 Å². The molecule has 0 radical (unpaired) electrons. The number of likely N-dealkylation sites (tertiary alicyclic amines) is 1. The van der Waals surface area contributed by atoms with Crippen LogP contribution < -0.4 is 5.32 Å². The van der Waals surface area contributed by atoms with Gasteiger partial charge in [-0.25, -0.2) is 8.78 Å². The van der Waals surface area contributed by atoms with Gasteiger partial charge in [-0.15, -0.1) is 0 Å². The van der Waals surface area contributed by atoms with E-state index < -0.39 is 11.6 Å². The second-order valence-electron chi connectivity index (χ2n) is 8.35. The molecule has 1 saturated heterocycles. The van der Waals surface area contributed by atoms with Crippen molar-refractivity contribution in [3.05, 3.63) is 101 Å². The van der Waals surface area contributed by atoms with E-state index >= 15 is 0 Å². The van der Waals surface area contributed by atoms with Crippen molar-refractivity contribution in [2.75, 3.05) is 13.1 Å². The van der Waals surface area contributed by atoms with Gasteiger partial charge in [-0.2, -0.15) is 0 Å². The van der Waals surface area contributed by atoms with E-state index in [0.29, 0.717) is 13.0 Å². The predicted molar refractivity (Wildman–Crippen MR) is 120 cm³/mol. The summed E-state index contributed by atoms with van der Waals surface area (Å²) >= 11 is 0. The molecule has 166 valence electrons. The van der Waals surface area contributed by atoms with Gasteiger partial charge in [0.05, 0.1) is 18.2 Å². The molecule has 2 aromatic carbocycles. The average molecular weight is 436 g/mol. The van der Waals surface area contributed by atoms with Crippen molar-refractivity contribution in [2.24, 2.45) is 5.92 Å². The summed E-state index contributed by atoms with van der Waals surface area (Å²) in [5, 5.41) is 3.21. The number of hydrogen-bond donors (Lipinski definition) is 1. The molecule has 1 amide bonds. The van der Waals surface area contributed by atoms with E-state index in [9.17, 15) is 13.6 Å². The standard InChI is InChI=1S/C26H27F2N3O/c27-22-12-11-20(15-23(22)28)17-31-14-6-9-21(18-31)26(24-10-4-5-13-29-24)30-25(32)16-19-7-2-1-3-8-19/h1-5,7-8,10-13,15,21,26H,6,9,14,16-18H2,(H,30,32). The number of carbonyl (C=O) groups excluding carboxylic acids is 1. The molecule has 2 heterocycles. The van der Waals surface area contributed by atoms with Crippen LogP contribution in [-0.4, -0.2) is 28.9 Å². The molecule has 2 unspecified atom stereocenters. The molecular weight excluding hydrogens is 408 g/mol. The summed E-state index contributed by atoms with van der Waals surface area (Å²) in [7, 11) is 0. The number of benzene rings is 2. The topological polar surface area (TPSA) is 45.2 Å². The van der Waals surface area contributed by atoms with E-state index in [1.807, 2.05) is 48.5 Å². The van der Waals surface area contributed by atoms with E-state index in [-0.39, 0.29) is 17.9 Å². The molecule has 1 aliphatic rings. The highest BCUT2D eigenvalue weighted by molar-refractivity contribution is 5.79. The first-order chi connectivity index (χ1) is 15.6. The molecule has 0 spiro atoms. The van der Waals surface area contributed by atoms with E-state index in [4.69, 9.17) is 0 Å². The van der Waals surface area contributed by atoms with Gasteiger partial charge in [0, 0.05) is 19.3 Å². The first-order valence-corrected chi connectivity index (χ1v) is 11.0. The number of halogens is 2.